The normalized spacial score (nSPS) is 18.0. The maximum Gasteiger partial charge on any atom is 0.410 e. The average Bonchev–Trinajstić information content (AvgIpc) is 3.04. The van der Waals surface area contributed by atoms with Gasteiger partial charge in [0.2, 0.25) is 11.8 Å². The van der Waals surface area contributed by atoms with Crippen LogP contribution in [0.5, 0.6) is 5.75 Å². The molecule has 3 rings (SSSR count). The Morgan fingerprint density at radius 3 is 2.36 bits per heavy atom. The van der Waals surface area contributed by atoms with Crippen LogP contribution in [-0.4, -0.2) is 110 Å². The molecule has 13 heteroatoms. The van der Waals surface area contributed by atoms with Gasteiger partial charge in [0.15, 0.2) is 0 Å². The van der Waals surface area contributed by atoms with E-state index in [4.69, 9.17) is 18.9 Å². The summed E-state index contributed by atoms with van der Waals surface area (Å²) in [6.07, 6.45) is 3.45. The van der Waals surface area contributed by atoms with Crippen LogP contribution >= 0.6 is 0 Å². The smallest absolute Gasteiger partial charge is 0.410 e. The Bertz CT molecular complexity index is 1150. The summed E-state index contributed by atoms with van der Waals surface area (Å²) in [7, 11) is 0. The average molecular weight is 666 g/mol. The molecule has 0 radical (unpaired) electrons. The Morgan fingerprint density at radius 2 is 1.68 bits per heavy atom. The van der Waals surface area contributed by atoms with Crippen molar-refractivity contribution >= 4 is 23.9 Å². The summed E-state index contributed by atoms with van der Waals surface area (Å²) >= 11 is 0. The molecule has 264 valence electrons. The number of carbonyl (C=O) groups excluding carboxylic acids is 3. The van der Waals surface area contributed by atoms with E-state index in [1.807, 2.05) is 20.8 Å². The van der Waals surface area contributed by atoms with Crippen molar-refractivity contribution in [3.05, 3.63) is 29.8 Å². The second-order valence-corrected chi connectivity index (χ2v) is 13.1. The van der Waals surface area contributed by atoms with Gasteiger partial charge in [-0.2, -0.15) is 0 Å². The molecular formula is C34H52FN3O9. The maximum atomic E-state index is 13.4. The van der Waals surface area contributed by atoms with E-state index in [1.165, 1.54) is 0 Å². The SMILES string of the molecule is CC(C)(C)OC(=O)N1CCC(CCC(=O)N2CCC[C@@H](C(=O)NC(CC(=O)O)c3cccc(OCCOCCOCCF)c3)C2)CC1. The fourth-order valence-corrected chi connectivity index (χ4v) is 5.77. The predicted molar refractivity (Wildman–Crippen MR) is 172 cm³/mol. The van der Waals surface area contributed by atoms with Gasteiger partial charge < -0.3 is 39.2 Å². The van der Waals surface area contributed by atoms with Gasteiger partial charge >= 0.3 is 12.1 Å². The summed E-state index contributed by atoms with van der Waals surface area (Å²) in [6.45, 7) is 8.30. The van der Waals surface area contributed by atoms with Crippen molar-refractivity contribution in [2.24, 2.45) is 11.8 Å². The number of carboxylic acids is 1. The molecule has 2 aliphatic rings. The number of aliphatic carboxylic acids is 1. The minimum absolute atomic E-state index is 0.0141. The molecule has 2 N–H and O–H groups in total. The van der Waals surface area contributed by atoms with Crippen LogP contribution in [0.25, 0.3) is 0 Å². The summed E-state index contributed by atoms with van der Waals surface area (Å²) in [5, 5.41) is 12.5. The van der Waals surface area contributed by atoms with Crippen LogP contribution in [0.3, 0.4) is 0 Å². The molecule has 1 aromatic rings. The highest BCUT2D eigenvalue weighted by molar-refractivity contribution is 5.82. The van der Waals surface area contributed by atoms with Crippen LogP contribution in [0.2, 0.25) is 0 Å². The third-order valence-electron chi connectivity index (χ3n) is 8.22. The number of hydrogen-bond donors (Lipinski definition) is 2. The lowest BCUT2D eigenvalue weighted by Gasteiger charge is -2.35. The monoisotopic (exact) mass is 665 g/mol. The van der Waals surface area contributed by atoms with Gasteiger partial charge in [-0.1, -0.05) is 12.1 Å². The number of rotatable bonds is 17. The standard InChI is InChI=1S/C34H52FN3O9/c1-34(2,3)47-33(43)37-15-11-25(12-16-37)9-10-30(39)38-14-5-7-27(24-38)32(42)36-29(23-31(40)41)26-6-4-8-28(22-26)46-21-20-45-19-18-44-17-13-35/h4,6,8,22,25,27,29H,5,7,9-21,23-24H2,1-3H3,(H,36,42)(H,40,41)/t27-,29?/m1/s1. The molecule has 12 nitrogen and oxygen atoms in total. The van der Waals surface area contributed by atoms with E-state index in [2.05, 4.69) is 5.32 Å². The molecule has 2 atom stereocenters. The van der Waals surface area contributed by atoms with Crippen LogP contribution in [0, 0.1) is 11.8 Å². The number of likely N-dealkylation sites (tertiary alicyclic amines) is 2. The van der Waals surface area contributed by atoms with Gasteiger partial charge in [0, 0.05) is 32.6 Å². The highest BCUT2D eigenvalue weighted by Crippen LogP contribution is 2.27. The molecular weight excluding hydrogens is 613 g/mol. The Balaban J connectivity index is 1.46. The van der Waals surface area contributed by atoms with Crippen molar-refractivity contribution in [3.8, 4) is 5.75 Å². The first-order valence-electron chi connectivity index (χ1n) is 16.7. The summed E-state index contributed by atoms with van der Waals surface area (Å²) in [6, 6.07) is 6.15. The molecule has 2 saturated heterocycles. The van der Waals surface area contributed by atoms with Crippen molar-refractivity contribution in [1.82, 2.24) is 15.1 Å². The third-order valence-corrected chi connectivity index (χ3v) is 8.22. The lowest BCUT2D eigenvalue weighted by Crippen LogP contribution is -2.46. The molecule has 2 fully saturated rings. The fraction of sp³-hybridized carbons (Fsp3) is 0.706. The number of benzene rings is 1. The minimum Gasteiger partial charge on any atom is -0.491 e. The molecule has 47 heavy (non-hydrogen) atoms. The topological polar surface area (TPSA) is 144 Å². The molecule has 0 saturated carbocycles. The maximum absolute atomic E-state index is 13.4. The molecule has 0 aliphatic carbocycles. The molecule has 0 bridgehead atoms. The van der Waals surface area contributed by atoms with Crippen LogP contribution in [0.1, 0.15) is 77.3 Å². The molecule has 1 aromatic carbocycles. The van der Waals surface area contributed by atoms with E-state index >= 15 is 0 Å². The Hall–Kier alpha value is -3.45. The zero-order chi connectivity index (χ0) is 34.2. The second kappa shape index (κ2) is 19.4. The van der Waals surface area contributed by atoms with E-state index in [0.29, 0.717) is 82.5 Å². The first-order valence-corrected chi connectivity index (χ1v) is 16.7. The number of alkyl halides is 1. The number of halogens is 1. The summed E-state index contributed by atoms with van der Waals surface area (Å²) < 4.78 is 33.7. The fourth-order valence-electron chi connectivity index (χ4n) is 5.77. The summed E-state index contributed by atoms with van der Waals surface area (Å²) in [4.78, 5) is 54.0. The molecule has 2 aliphatic heterocycles. The van der Waals surface area contributed by atoms with Crippen molar-refractivity contribution < 1.29 is 47.6 Å². The second-order valence-electron chi connectivity index (χ2n) is 13.1. The van der Waals surface area contributed by atoms with Gasteiger partial charge in [0.25, 0.3) is 0 Å². The molecule has 2 heterocycles. The van der Waals surface area contributed by atoms with E-state index in [1.54, 1.807) is 34.1 Å². The number of carboxylic acid groups (broad SMARTS) is 1. The predicted octanol–water partition coefficient (Wildman–Crippen LogP) is 4.37. The van der Waals surface area contributed by atoms with Gasteiger partial charge in [-0.15, -0.1) is 0 Å². The number of nitrogens with one attached hydrogen (secondary N) is 1. The third kappa shape index (κ3) is 14.1. The van der Waals surface area contributed by atoms with E-state index in [0.717, 1.165) is 19.3 Å². The van der Waals surface area contributed by atoms with Crippen molar-refractivity contribution in [2.75, 3.05) is 65.9 Å². The van der Waals surface area contributed by atoms with Gasteiger partial charge in [-0.25, -0.2) is 9.18 Å². The van der Waals surface area contributed by atoms with E-state index in [9.17, 15) is 28.7 Å². The molecule has 1 unspecified atom stereocenters. The first-order chi connectivity index (χ1) is 22.4. The highest BCUT2D eigenvalue weighted by atomic mass is 19.1. The summed E-state index contributed by atoms with van der Waals surface area (Å²) in [5.74, 6) is -0.903. The lowest BCUT2D eigenvalue weighted by molar-refractivity contribution is -0.138. The molecule has 0 spiro atoms. The van der Waals surface area contributed by atoms with Crippen molar-refractivity contribution in [3.63, 3.8) is 0 Å². The van der Waals surface area contributed by atoms with Gasteiger partial charge in [-0.3, -0.25) is 14.4 Å². The van der Waals surface area contributed by atoms with Crippen LogP contribution in [0.4, 0.5) is 9.18 Å². The van der Waals surface area contributed by atoms with Gasteiger partial charge in [-0.05, 0) is 76.5 Å². The Morgan fingerprint density at radius 1 is 0.979 bits per heavy atom. The van der Waals surface area contributed by atoms with Gasteiger partial charge in [0.1, 0.15) is 24.6 Å². The number of nitrogens with zero attached hydrogens (tertiary/aromatic N) is 2. The number of piperidine rings is 2. The number of ether oxygens (including phenoxy) is 4. The van der Waals surface area contributed by atoms with Gasteiger partial charge in [0.05, 0.1) is 44.8 Å². The highest BCUT2D eigenvalue weighted by Gasteiger charge is 2.32. The van der Waals surface area contributed by atoms with Crippen LogP contribution in [-0.2, 0) is 28.6 Å². The van der Waals surface area contributed by atoms with E-state index < -0.39 is 30.2 Å². The van der Waals surface area contributed by atoms with Crippen LogP contribution < -0.4 is 10.1 Å². The molecule has 3 amide bonds. The van der Waals surface area contributed by atoms with E-state index in [-0.39, 0.29) is 37.5 Å². The largest absolute Gasteiger partial charge is 0.491 e. The zero-order valence-corrected chi connectivity index (χ0v) is 28.0. The first kappa shape index (κ1) is 38.0. The quantitative estimate of drug-likeness (QED) is 0.232. The Kier molecular flexibility index (Phi) is 15.7. The Labute approximate surface area is 277 Å². The minimum atomic E-state index is -1.05. The number of hydrogen-bond acceptors (Lipinski definition) is 8. The van der Waals surface area contributed by atoms with Crippen molar-refractivity contribution in [1.29, 1.82) is 0 Å². The van der Waals surface area contributed by atoms with Crippen molar-refractivity contribution in [2.45, 2.75) is 77.4 Å². The zero-order valence-electron chi connectivity index (χ0n) is 28.0. The lowest BCUT2D eigenvalue weighted by atomic mass is 9.91. The number of carbonyl (C=O) groups is 4. The molecule has 0 aromatic heterocycles. The van der Waals surface area contributed by atoms with Crippen LogP contribution in [0.15, 0.2) is 24.3 Å². The summed E-state index contributed by atoms with van der Waals surface area (Å²) in [5.41, 5.74) is 0.0629. The number of amides is 3.